The van der Waals surface area contributed by atoms with Gasteiger partial charge >= 0.3 is 5.97 Å². The van der Waals surface area contributed by atoms with E-state index in [1.165, 1.54) is 33.1 Å². The van der Waals surface area contributed by atoms with Gasteiger partial charge in [-0.15, -0.1) is 22.7 Å². The van der Waals surface area contributed by atoms with Crippen molar-refractivity contribution in [2.45, 2.75) is 32.9 Å². The Kier molecular flexibility index (Phi) is 3.91. The van der Waals surface area contributed by atoms with Crippen LogP contribution >= 0.6 is 22.7 Å². The van der Waals surface area contributed by atoms with Gasteiger partial charge in [-0.2, -0.15) is 0 Å². The summed E-state index contributed by atoms with van der Waals surface area (Å²) in [5.41, 5.74) is 0.661. The zero-order valence-corrected chi connectivity index (χ0v) is 16.4. The van der Waals surface area contributed by atoms with Gasteiger partial charge in [0.25, 0.3) is 11.1 Å². The first-order chi connectivity index (χ1) is 13.5. The van der Waals surface area contributed by atoms with Gasteiger partial charge in [-0.3, -0.25) is 18.6 Å². The molecule has 0 atom stereocenters. The van der Waals surface area contributed by atoms with E-state index in [1.54, 1.807) is 23.1 Å². The van der Waals surface area contributed by atoms with Crippen LogP contribution in [0.3, 0.4) is 0 Å². The number of carbonyl (C=O) groups excluding carboxylic acids is 1. The Bertz CT molecular complexity index is 1380. The van der Waals surface area contributed by atoms with Crippen LogP contribution in [0, 0.1) is 6.92 Å². The van der Waals surface area contributed by atoms with E-state index in [-0.39, 0.29) is 17.7 Å². The van der Waals surface area contributed by atoms with E-state index < -0.39 is 5.97 Å². The fourth-order valence-corrected chi connectivity index (χ4v) is 5.26. The number of thiophene rings is 1. The second kappa shape index (κ2) is 6.35. The predicted octanol–water partition coefficient (Wildman–Crippen LogP) is 2.14. The quantitative estimate of drug-likeness (QED) is 0.477. The van der Waals surface area contributed by atoms with E-state index in [9.17, 15) is 14.4 Å². The van der Waals surface area contributed by atoms with Crippen LogP contribution in [0.15, 0.2) is 27.2 Å². The van der Waals surface area contributed by atoms with Crippen LogP contribution in [0.2, 0.25) is 0 Å². The molecule has 0 saturated carbocycles. The molecule has 1 aliphatic heterocycles. The van der Waals surface area contributed by atoms with Crippen molar-refractivity contribution in [3.63, 3.8) is 0 Å². The van der Waals surface area contributed by atoms with Crippen LogP contribution < -0.4 is 11.1 Å². The van der Waals surface area contributed by atoms with Crippen molar-refractivity contribution in [3.8, 4) is 0 Å². The molecule has 8 nitrogen and oxygen atoms in total. The number of fused-ring (bicyclic) bond motifs is 3. The first kappa shape index (κ1) is 17.3. The van der Waals surface area contributed by atoms with Gasteiger partial charge in [0.15, 0.2) is 4.96 Å². The SMILES string of the molecule is Cc1c(C(=O)OCc2cc(=O)n3ccsc3n2)sc2nc3n(c(=O)c12)CCC3. The molecule has 0 amide bonds. The Balaban J connectivity index is 1.46. The second-order valence-corrected chi connectivity index (χ2v) is 8.41. The summed E-state index contributed by atoms with van der Waals surface area (Å²) in [5.74, 6) is 0.228. The van der Waals surface area contributed by atoms with Crippen molar-refractivity contribution in [1.29, 1.82) is 0 Å². The third-order valence-corrected chi connectivity index (χ3v) is 6.73. The lowest BCUT2D eigenvalue weighted by molar-refractivity contribution is 0.0473. The topological polar surface area (TPSA) is 95.6 Å². The van der Waals surface area contributed by atoms with Crippen LogP contribution in [-0.2, 0) is 24.3 Å². The standard InChI is InChI=1S/C18H14N4O4S2/c1-9-13-15(20-11-3-2-4-21(11)16(13)24)28-14(9)17(25)26-8-10-7-12(23)22-5-6-27-18(22)19-10/h5-7H,2-4,8H2,1H3. The number of carbonyl (C=O) groups is 1. The number of thiazole rings is 1. The summed E-state index contributed by atoms with van der Waals surface area (Å²) in [4.78, 5) is 47.7. The third kappa shape index (κ3) is 2.60. The summed E-state index contributed by atoms with van der Waals surface area (Å²) < 4.78 is 8.49. The van der Waals surface area contributed by atoms with E-state index in [0.717, 1.165) is 18.7 Å². The maximum Gasteiger partial charge on any atom is 0.349 e. The van der Waals surface area contributed by atoms with Gasteiger partial charge in [-0.1, -0.05) is 0 Å². The molecule has 0 aromatic carbocycles. The Morgan fingerprint density at radius 1 is 1.32 bits per heavy atom. The van der Waals surface area contributed by atoms with Gasteiger partial charge in [0.05, 0.1) is 11.1 Å². The maximum atomic E-state index is 12.7. The molecule has 0 fully saturated rings. The Morgan fingerprint density at radius 2 is 2.18 bits per heavy atom. The predicted molar refractivity (Wildman–Crippen MR) is 105 cm³/mol. The molecule has 5 rings (SSSR count). The monoisotopic (exact) mass is 414 g/mol. The van der Waals surface area contributed by atoms with Gasteiger partial charge in [-0.25, -0.2) is 14.8 Å². The Labute approximate surface area is 165 Å². The van der Waals surface area contributed by atoms with Crippen molar-refractivity contribution in [2.24, 2.45) is 0 Å². The van der Waals surface area contributed by atoms with Crippen molar-refractivity contribution < 1.29 is 9.53 Å². The average molecular weight is 414 g/mol. The number of ether oxygens (including phenoxy) is 1. The summed E-state index contributed by atoms with van der Waals surface area (Å²) in [7, 11) is 0. The highest BCUT2D eigenvalue weighted by Crippen LogP contribution is 2.29. The van der Waals surface area contributed by atoms with Gasteiger partial charge in [0, 0.05) is 30.6 Å². The number of nitrogens with zero attached hydrogens (tertiary/aromatic N) is 4. The van der Waals surface area contributed by atoms with Gasteiger partial charge in [0.1, 0.15) is 22.1 Å². The number of esters is 1. The molecular formula is C18H14N4O4S2. The Morgan fingerprint density at radius 3 is 3.04 bits per heavy atom. The van der Waals surface area contributed by atoms with E-state index in [1.807, 2.05) is 0 Å². The summed E-state index contributed by atoms with van der Waals surface area (Å²) in [5, 5.41) is 2.25. The summed E-state index contributed by atoms with van der Waals surface area (Å²) >= 11 is 2.50. The molecule has 0 N–H and O–H groups in total. The lowest BCUT2D eigenvalue weighted by Crippen LogP contribution is -2.20. The molecule has 0 saturated heterocycles. The van der Waals surface area contributed by atoms with E-state index in [0.29, 0.717) is 37.9 Å². The van der Waals surface area contributed by atoms with Crippen LogP contribution in [0.5, 0.6) is 0 Å². The van der Waals surface area contributed by atoms with Crippen molar-refractivity contribution >= 4 is 43.8 Å². The number of hydrogen-bond donors (Lipinski definition) is 0. The molecule has 0 spiro atoms. The number of rotatable bonds is 3. The van der Waals surface area contributed by atoms with Gasteiger partial charge < -0.3 is 4.74 Å². The van der Waals surface area contributed by atoms with Crippen molar-refractivity contribution in [3.05, 3.63) is 60.3 Å². The number of aryl methyl sites for hydroxylation is 2. The Hall–Kier alpha value is -2.85. The molecule has 4 aromatic rings. The molecule has 28 heavy (non-hydrogen) atoms. The fourth-order valence-electron chi connectivity index (χ4n) is 3.44. The highest BCUT2D eigenvalue weighted by molar-refractivity contribution is 7.20. The molecule has 0 bridgehead atoms. The molecule has 0 radical (unpaired) electrons. The van der Waals surface area contributed by atoms with E-state index in [2.05, 4.69) is 9.97 Å². The molecule has 0 aliphatic carbocycles. The lowest BCUT2D eigenvalue weighted by atomic mass is 10.2. The van der Waals surface area contributed by atoms with Crippen LogP contribution in [0.1, 0.15) is 33.2 Å². The van der Waals surface area contributed by atoms with Gasteiger partial charge in [-0.05, 0) is 18.9 Å². The maximum absolute atomic E-state index is 12.7. The first-order valence-electron chi connectivity index (χ1n) is 8.68. The first-order valence-corrected chi connectivity index (χ1v) is 10.4. The number of hydrogen-bond acceptors (Lipinski definition) is 8. The molecule has 5 heterocycles. The van der Waals surface area contributed by atoms with E-state index >= 15 is 0 Å². The summed E-state index contributed by atoms with van der Waals surface area (Å²) in [6.45, 7) is 2.29. The normalized spacial score (nSPS) is 13.3. The van der Waals surface area contributed by atoms with E-state index in [4.69, 9.17) is 4.74 Å². The number of aromatic nitrogens is 4. The van der Waals surface area contributed by atoms with Gasteiger partial charge in [0.2, 0.25) is 0 Å². The highest BCUT2D eigenvalue weighted by atomic mass is 32.1. The second-order valence-electron chi connectivity index (χ2n) is 6.54. The fraction of sp³-hybridized carbons (Fsp3) is 0.278. The molecule has 0 unspecified atom stereocenters. The van der Waals surface area contributed by atoms with Crippen molar-refractivity contribution in [2.75, 3.05) is 0 Å². The zero-order chi connectivity index (χ0) is 19.4. The molecule has 4 aromatic heterocycles. The third-order valence-electron chi connectivity index (χ3n) is 4.80. The largest absolute Gasteiger partial charge is 0.455 e. The smallest absolute Gasteiger partial charge is 0.349 e. The molecule has 10 heteroatoms. The molecular weight excluding hydrogens is 400 g/mol. The lowest BCUT2D eigenvalue weighted by Gasteiger charge is -2.04. The van der Waals surface area contributed by atoms with Crippen molar-refractivity contribution in [1.82, 2.24) is 18.9 Å². The van der Waals surface area contributed by atoms with Crippen LogP contribution in [-0.4, -0.2) is 24.9 Å². The van der Waals surface area contributed by atoms with Crippen LogP contribution in [0.4, 0.5) is 0 Å². The minimum Gasteiger partial charge on any atom is -0.455 e. The highest BCUT2D eigenvalue weighted by Gasteiger charge is 2.24. The minimum atomic E-state index is -0.543. The average Bonchev–Trinajstić information content (AvgIpc) is 3.39. The van der Waals surface area contributed by atoms with Crippen LogP contribution in [0.25, 0.3) is 15.2 Å². The molecule has 142 valence electrons. The molecule has 1 aliphatic rings. The summed E-state index contributed by atoms with van der Waals surface area (Å²) in [6, 6.07) is 1.35. The summed E-state index contributed by atoms with van der Waals surface area (Å²) in [6.07, 6.45) is 3.33. The minimum absolute atomic E-state index is 0.0943. The zero-order valence-electron chi connectivity index (χ0n) is 14.8.